The molecule has 2 rings (SSSR count). The number of carboxylic acids is 1. The minimum atomic E-state index is -1.22. The molecule has 0 saturated carbocycles. The highest BCUT2D eigenvalue weighted by Crippen LogP contribution is 2.19. The van der Waals surface area contributed by atoms with Gasteiger partial charge in [-0.05, 0) is 37.3 Å². The van der Waals surface area contributed by atoms with Gasteiger partial charge in [0.25, 0.3) is 0 Å². The number of hydrogen-bond donors (Lipinski definition) is 8. The maximum atomic E-state index is 13.1. The number of nitrogens with zero attached hydrogens (tertiary/aromatic N) is 1. The molecule has 5 atom stereocenters. The Morgan fingerprint density at radius 1 is 1.00 bits per heavy atom. The molecular weight excluding hydrogens is 504 g/mol. The molecule has 1 heterocycles. The number of carbonyl (C=O) groups is 4. The summed E-state index contributed by atoms with van der Waals surface area (Å²) >= 11 is 0. The van der Waals surface area contributed by atoms with Crippen LogP contribution in [0.5, 0.6) is 0 Å². The lowest BCUT2D eigenvalue weighted by atomic mass is 9.98. The second-order valence-corrected chi connectivity index (χ2v) is 9.61. The van der Waals surface area contributed by atoms with Gasteiger partial charge < -0.3 is 43.2 Å². The standard InChI is InChI=1S/C26H40N8O5/c1-4-14(2)21(27)24(37)33-19(10-7-11-30-26(28)29)23(36)32-15(3)22(35)34-20(25(38)39)12-16-13-31-18-9-6-5-8-17(16)18/h5-6,8-9,13-15,19-21,31H,4,7,10-12,27H2,1-3H3,(H,32,36)(H,33,37)(H,34,35)(H,38,39)(H4,28,29,30). The predicted molar refractivity (Wildman–Crippen MR) is 148 cm³/mol. The highest BCUT2D eigenvalue weighted by Gasteiger charge is 2.29. The van der Waals surface area contributed by atoms with E-state index in [0.717, 1.165) is 16.5 Å². The molecule has 0 aliphatic heterocycles. The summed E-state index contributed by atoms with van der Waals surface area (Å²) in [7, 11) is 0. The lowest BCUT2D eigenvalue weighted by Gasteiger charge is -2.25. The summed E-state index contributed by atoms with van der Waals surface area (Å²) < 4.78 is 0. The fourth-order valence-corrected chi connectivity index (χ4v) is 3.95. The van der Waals surface area contributed by atoms with Gasteiger partial charge in [-0.25, -0.2) is 4.79 Å². The first-order chi connectivity index (χ1) is 18.4. The molecule has 0 radical (unpaired) electrons. The predicted octanol–water partition coefficient (Wildman–Crippen LogP) is -0.304. The van der Waals surface area contributed by atoms with Crippen molar-refractivity contribution >= 4 is 40.6 Å². The molecule has 39 heavy (non-hydrogen) atoms. The first-order valence-corrected chi connectivity index (χ1v) is 12.9. The molecule has 214 valence electrons. The third kappa shape index (κ3) is 9.28. The van der Waals surface area contributed by atoms with Crippen molar-refractivity contribution in [2.75, 3.05) is 6.54 Å². The van der Waals surface area contributed by atoms with Gasteiger partial charge in [-0.2, -0.15) is 0 Å². The first kappa shape index (κ1) is 31.1. The molecule has 0 bridgehead atoms. The number of rotatable bonds is 15. The van der Waals surface area contributed by atoms with E-state index in [-0.39, 0.29) is 31.3 Å². The second kappa shape index (κ2) is 14.7. The Morgan fingerprint density at radius 3 is 2.31 bits per heavy atom. The summed E-state index contributed by atoms with van der Waals surface area (Å²) in [5.41, 5.74) is 18.3. The van der Waals surface area contributed by atoms with E-state index < -0.39 is 47.9 Å². The Kier molecular flexibility index (Phi) is 11.7. The molecule has 0 fully saturated rings. The molecule has 13 heteroatoms. The largest absolute Gasteiger partial charge is 0.480 e. The number of aromatic nitrogens is 1. The number of aromatic amines is 1. The fraction of sp³-hybridized carbons (Fsp3) is 0.500. The summed E-state index contributed by atoms with van der Waals surface area (Å²) in [6, 6.07) is 3.31. The number of carbonyl (C=O) groups excluding carboxylic acids is 3. The zero-order chi connectivity index (χ0) is 29.1. The smallest absolute Gasteiger partial charge is 0.326 e. The number of hydrogen-bond acceptors (Lipinski definition) is 6. The van der Waals surface area contributed by atoms with Crippen LogP contribution in [0.15, 0.2) is 35.5 Å². The molecule has 1 aromatic carbocycles. The van der Waals surface area contributed by atoms with Crippen molar-refractivity contribution in [3.63, 3.8) is 0 Å². The molecule has 0 aliphatic carbocycles. The van der Waals surface area contributed by atoms with E-state index in [1.807, 2.05) is 38.1 Å². The molecule has 0 spiro atoms. The number of aliphatic carboxylic acids is 1. The van der Waals surface area contributed by atoms with Crippen LogP contribution in [0.3, 0.4) is 0 Å². The molecule has 0 saturated heterocycles. The van der Waals surface area contributed by atoms with Crippen LogP contribution in [0.4, 0.5) is 0 Å². The van der Waals surface area contributed by atoms with Gasteiger partial charge in [0, 0.05) is 30.1 Å². The molecule has 11 N–H and O–H groups in total. The second-order valence-electron chi connectivity index (χ2n) is 9.61. The van der Waals surface area contributed by atoms with Gasteiger partial charge in [0.15, 0.2) is 5.96 Å². The normalized spacial score (nSPS) is 14.9. The number of carboxylic acid groups (broad SMARTS) is 1. The Labute approximate surface area is 227 Å². The van der Waals surface area contributed by atoms with E-state index in [9.17, 15) is 24.3 Å². The first-order valence-electron chi connectivity index (χ1n) is 12.9. The van der Waals surface area contributed by atoms with Crippen LogP contribution < -0.4 is 33.2 Å². The van der Waals surface area contributed by atoms with Crippen molar-refractivity contribution in [3.8, 4) is 0 Å². The summed E-state index contributed by atoms with van der Waals surface area (Å²) in [6.45, 7) is 5.41. The minimum Gasteiger partial charge on any atom is -0.480 e. The minimum absolute atomic E-state index is 0.0444. The van der Waals surface area contributed by atoms with Crippen molar-refractivity contribution in [1.29, 1.82) is 0 Å². The highest BCUT2D eigenvalue weighted by molar-refractivity contribution is 5.94. The van der Waals surface area contributed by atoms with Crippen molar-refractivity contribution in [2.45, 2.75) is 70.6 Å². The lowest BCUT2D eigenvalue weighted by molar-refractivity contribution is -0.142. The topological polar surface area (TPSA) is 231 Å². The van der Waals surface area contributed by atoms with Gasteiger partial charge in [0.1, 0.15) is 18.1 Å². The zero-order valence-electron chi connectivity index (χ0n) is 22.6. The Morgan fingerprint density at radius 2 is 1.67 bits per heavy atom. The van der Waals surface area contributed by atoms with Crippen LogP contribution >= 0.6 is 0 Å². The van der Waals surface area contributed by atoms with Crippen molar-refractivity contribution in [2.24, 2.45) is 28.1 Å². The van der Waals surface area contributed by atoms with Gasteiger partial charge in [0.2, 0.25) is 17.7 Å². The van der Waals surface area contributed by atoms with E-state index in [2.05, 4.69) is 25.9 Å². The monoisotopic (exact) mass is 544 g/mol. The van der Waals surface area contributed by atoms with E-state index in [0.29, 0.717) is 12.8 Å². The van der Waals surface area contributed by atoms with Crippen LogP contribution in [0.1, 0.15) is 45.6 Å². The van der Waals surface area contributed by atoms with E-state index in [1.54, 1.807) is 6.20 Å². The Balaban J connectivity index is 2.06. The number of guanidine groups is 1. The van der Waals surface area contributed by atoms with E-state index in [1.165, 1.54) is 6.92 Å². The van der Waals surface area contributed by atoms with Gasteiger partial charge in [-0.15, -0.1) is 0 Å². The summed E-state index contributed by atoms with van der Waals surface area (Å²) in [5, 5.41) is 18.3. The van der Waals surface area contributed by atoms with Gasteiger partial charge in [0.05, 0.1) is 6.04 Å². The third-order valence-corrected chi connectivity index (χ3v) is 6.60. The van der Waals surface area contributed by atoms with Crippen LogP contribution in [-0.4, -0.2) is 70.5 Å². The average Bonchev–Trinajstić information content (AvgIpc) is 3.31. The van der Waals surface area contributed by atoms with Crippen molar-refractivity contribution < 1.29 is 24.3 Å². The molecule has 5 unspecified atom stereocenters. The maximum Gasteiger partial charge on any atom is 0.326 e. The van der Waals surface area contributed by atoms with Crippen molar-refractivity contribution in [1.82, 2.24) is 20.9 Å². The summed E-state index contributed by atoms with van der Waals surface area (Å²) in [5.74, 6) is -3.20. The Bertz CT molecular complexity index is 1180. The Hall–Kier alpha value is -4.13. The SMILES string of the molecule is CCC(C)C(N)C(=O)NC(CCCN=C(N)N)C(=O)NC(C)C(=O)NC(Cc1c[nH]c2ccccc12)C(=O)O. The van der Waals surface area contributed by atoms with Crippen LogP contribution in [0.25, 0.3) is 10.9 Å². The highest BCUT2D eigenvalue weighted by atomic mass is 16.4. The van der Waals surface area contributed by atoms with Gasteiger partial charge in [-0.1, -0.05) is 38.5 Å². The lowest BCUT2D eigenvalue weighted by Crippen LogP contribution is -2.57. The third-order valence-electron chi connectivity index (χ3n) is 6.60. The quantitative estimate of drug-likeness (QED) is 0.0840. The van der Waals surface area contributed by atoms with Crippen LogP contribution in [0.2, 0.25) is 0 Å². The molecule has 0 aliphatic rings. The number of nitrogens with one attached hydrogen (secondary N) is 4. The fourth-order valence-electron chi connectivity index (χ4n) is 3.95. The number of aliphatic imine (C=N–C) groups is 1. The number of fused-ring (bicyclic) bond motifs is 1. The number of H-pyrrole nitrogens is 1. The summed E-state index contributed by atoms with van der Waals surface area (Å²) in [4.78, 5) is 57.4. The number of para-hydroxylation sites is 1. The van der Waals surface area contributed by atoms with Crippen LogP contribution in [0, 0.1) is 5.92 Å². The number of amides is 3. The van der Waals surface area contributed by atoms with Gasteiger partial charge >= 0.3 is 5.97 Å². The molecule has 13 nitrogen and oxygen atoms in total. The van der Waals surface area contributed by atoms with Crippen LogP contribution in [-0.2, 0) is 25.6 Å². The average molecular weight is 545 g/mol. The maximum absolute atomic E-state index is 13.1. The summed E-state index contributed by atoms with van der Waals surface area (Å²) in [6.07, 6.45) is 2.99. The number of benzene rings is 1. The van der Waals surface area contributed by atoms with Gasteiger partial charge in [-0.3, -0.25) is 19.4 Å². The molecule has 1 aromatic heterocycles. The van der Waals surface area contributed by atoms with E-state index in [4.69, 9.17) is 17.2 Å². The van der Waals surface area contributed by atoms with Crippen molar-refractivity contribution in [3.05, 3.63) is 36.0 Å². The molecule has 3 amide bonds. The van der Waals surface area contributed by atoms with E-state index >= 15 is 0 Å². The molecular formula is C26H40N8O5. The molecule has 2 aromatic rings. The zero-order valence-corrected chi connectivity index (χ0v) is 22.6. The number of nitrogens with two attached hydrogens (primary N) is 3.